The van der Waals surface area contributed by atoms with Crippen LogP contribution in [0.1, 0.15) is 19.4 Å². The fourth-order valence-corrected chi connectivity index (χ4v) is 1.53. The number of hydrogen-bond donors (Lipinski definition) is 0. The lowest BCUT2D eigenvalue weighted by Gasteiger charge is -2.15. The van der Waals surface area contributed by atoms with E-state index in [1.165, 1.54) is 6.08 Å². The SMILES string of the molecule is COc1cc(CN=C=O)c(Cl)cc1OC(C)C. The van der Waals surface area contributed by atoms with Crippen LogP contribution in [-0.2, 0) is 11.3 Å². The first-order valence-corrected chi connectivity index (χ1v) is 5.53. The van der Waals surface area contributed by atoms with Crippen molar-refractivity contribution in [1.29, 1.82) is 0 Å². The third kappa shape index (κ3) is 3.77. The highest BCUT2D eigenvalue weighted by atomic mass is 35.5. The molecular formula is C12H14ClNO3. The Kier molecular flexibility index (Phi) is 5.01. The maximum Gasteiger partial charge on any atom is 0.235 e. The van der Waals surface area contributed by atoms with Crippen molar-refractivity contribution in [2.24, 2.45) is 4.99 Å². The molecule has 0 fully saturated rings. The van der Waals surface area contributed by atoms with Gasteiger partial charge >= 0.3 is 0 Å². The quantitative estimate of drug-likeness (QED) is 0.600. The zero-order chi connectivity index (χ0) is 12.8. The van der Waals surface area contributed by atoms with E-state index in [4.69, 9.17) is 21.1 Å². The van der Waals surface area contributed by atoms with E-state index in [0.717, 1.165) is 0 Å². The summed E-state index contributed by atoms with van der Waals surface area (Å²) < 4.78 is 10.8. The van der Waals surface area contributed by atoms with Crippen LogP contribution in [0.25, 0.3) is 0 Å². The standard InChI is InChI=1S/C12H14ClNO3/c1-8(2)17-12-5-10(13)9(6-14-7-15)4-11(12)16-3/h4-5,8H,6H2,1-3H3. The van der Waals surface area contributed by atoms with Gasteiger partial charge in [-0.3, -0.25) is 0 Å². The lowest BCUT2D eigenvalue weighted by Crippen LogP contribution is -2.07. The molecule has 1 rings (SSSR count). The van der Waals surface area contributed by atoms with Crippen molar-refractivity contribution in [2.75, 3.05) is 7.11 Å². The molecule has 0 aliphatic rings. The van der Waals surface area contributed by atoms with Crippen LogP contribution in [0.5, 0.6) is 11.5 Å². The van der Waals surface area contributed by atoms with E-state index >= 15 is 0 Å². The maximum absolute atomic E-state index is 10.1. The van der Waals surface area contributed by atoms with Crippen molar-refractivity contribution in [3.05, 3.63) is 22.7 Å². The number of benzene rings is 1. The van der Waals surface area contributed by atoms with E-state index in [1.807, 2.05) is 13.8 Å². The largest absolute Gasteiger partial charge is 0.493 e. The highest BCUT2D eigenvalue weighted by molar-refractivity contribution is 6.31. The van der Waals surface area contributed by atoms with Gasteiger partial charge in [-0.2, -0.15) is 0 Å². The first-order chi connectivity index (χ1) is 8.08. The topological polar surface area (TPSA) is 47.9 Å². The number of hydrogen-bond acceptors (Lipinski definition) is 4. The van der Waals surface area contributed by atoms with Gasteiger partial charge in [-0.25, -0.2) is 9.79 Å². The molecule has 0 aliphatic carbocycles. The minimum Gasteiger partial charge on any atom is -0.493 e. The summed E-state index contributed by atoms with van der Waals surface area (Å²) in [7, 11) is 1.54. The molecule has 5 heteroatoms. The smallest absolute Gasteiger partial charge is 0.235 e. The van der Waals surface area contributed by atoms with Gasteiger partial charge < -0.3 is 9.47 Å². The summed E-state index contributed by atoms with van der Waals surface area (Å²) in [5, 5.41) is 0.487. The number of nitrogens with zero attached hydrogens (tertiary/aromatic N) is 1. The van der Waals surface area contributed by atoms with Gasteiger partial charge in [0.25, 0.3) is 0 Å². The zero-order valence-corrected chi connectivity index (χ0v) is 10.7. The molecule has 4 nitrogen and oxygen atoms in total. The van der Waals surface area contributed by atoms with Gasteiger partial charge in [-0.15, -0.1) is 0 Å². The lowest BCUT2D eigenvalue weighted by atomic mass is 10.2. The second-order valence-corrected chi connectivity index (χ2v) is 4.08. The molecule has 0 unspecified atom stereocenters. The van der Waals surface area contributed by atoms with Crippen molar-refractivity contribution in [3.63, 3.8) is 0 Å². The molecular weight excluding hydrogens is 242 g/mol. The highest BCUT2D eigenvalue weighted by Crippen LogP contribution is 2.34. The Morgan fingerprint density at radius 3 is 2.65 bits per heavy atom. The molecule has 17 heavy (non-hydrogen) atoms. The van der Waals surface area contributed by atoms with Crippen LogP contribution in [-0.4, -0.2) is 19.3 Å². The van der Waals surface area contributed by atoms with Gasteiger partial charge in [-0.05, 0) is 25.5 Å². The summed E-state index contributed by atoms with van der Waals surface area (Å²) >= 11 is 6.05. The lowest BCUT2D eigenvalue weighted by molar-refractivity contribution is 0.230. The second kappa shape index (κ2) is 6.28. The van der Waals surface area contributed by atoms with E-state index in [9.17, 15) is 4.79 Å². The average molecular weight is 256 g/mol. The Balaban J connectivity index is 3.09. The summed E-state index contributed by atoms with van der Waals surface area (Å²) in [6.07, 6.45) is 1.50. The Labute approximate surface area is 105 Å². The third-order valence-corrected chi connectivity index (χ3v) is 2.36. The van der Waals surface area contributed by atoms with Gasteiger partial charge in [0.05, 0.1) is 19.8 Å². The molecule has 0 aliphatic heterocycles. The summed E-state index contributed by atoms with van der Waals surface area (Å²) in [4.78, 5) is 13.5. The predicted molar refractivity (Wildman–Crippen MR) is 65.6 cm³/mol. The molecule has 0 bridgehead atoms. The molecule has 0 amide bonds. The minimum absolute atomic E-state index is 0.0267. The van der Waals surface area contributed by atoms with E-state index in [0.29, 0.717) is 22.1 Å². The number of rotatable bonds is 5. The summed E-state index contributed by atoms with van der Waals surface area (Å²) in [5.41, 5.74) is 0.697. The Hall–Kier alpha value is -1.51. The fraction of sp³-hybridized carbons (Fsp3) is 0.417. The van der Waals surface area contributed by atoms with Crippen LogP contribution in [0.2, 0.25) is 5.02 Å². The Bertz CT molecular complexity index is 440. The summed E-state index contributed by atoms with van der Waals surface area (Å²) in [5.74, 6) is 1.14. The molecule has 0 aromatic heterocycles. The van der Waals surface area contributed by atoms with Gasteiger partial charge in [0, 0.05) is 11.1 Å². The molecule has 0 heterocycles. The maximum atomic E-state index is 10.1. The molecule has 0 saturated carbocycles. The first-order valence-electron chi connectivity index (χ1n) is 5.15. The van der Waals surface area contributed by atoms with Crippen molar-refractivity contribution >= 4 is 17.7 Å². The Morgan fingerprint density at radius 1 is 1.41 bits per heavy atom. The molecule has 92 valence electrons. The van der Waals surface area contributed by atoms with Crippen LogP contribution in [0, 0.1) is 0 Å². The molecule has 0 spiro atoms. The van der Waals surface area contributed by atoms with Crippen molar-refractivity contribution in [3.8, 4) is 11.5 Å². The van der Waals surface area contributed by atoms with E-state index in [2.05, 4.69) is 4.99 Å². The minimum atomic E-state index is 0.0267. The van der Waals surface area contributed by atoms with Gasteiger partial charge in [-0.1, -0.05) is 11.6 Å². The van der Waals surface area contributed by atoms with Gasteiger partial charge in [0.15, 0.2) is 11.5 Å². The van der Waals surface area contributed by atoms with E-state index in [-0.39, 0.29) is 12.6 Å². The first kappa shape index (κ1) is 13.6. The molecule has 0 atom stereocenters. The number of ether oxygens (including phenoxy) is 2. The number of methoxy groups -OCH3 is 1. The van der Waals surface area contributed by atoms with E-state index in [1.54, 1.807) is 19.2 Å². The predicted octanol–water partition coefficient (Wildman–Crippen LogP) is 2.97. The second-order valence-electron chi connectivity index (χ2n) is 3.67. The van der Waals surface area contributed by atoms with Crippen molar-refractivity contribution < 1.29 is 14.3 Å². The fourth-order valence-electron chi connectivity index (χ4n) is 1.32. The monoisotopic (exact) mass is 255 g/mol. The van der Waals surface area contributed by atoms with Gasteiger partial charge in [0.1, 0.15) is 0 Å². The normalized spacial score (nSPS) is 9.94. The van der Waals surface area contributed by atoms with Crippen molar-refractivity contribution in [2.45, 2.75) is 26.5 Å². The molecule has 1 aromatic rings. The molecule has 0 N–H and O–H groups in total. The number of halogens is 1. The molecule has 1 aromatic carbocycles. The van der Waals surface area contributed by atoms with Gasteiger partial charge in [0.2, 0.25) is 6.08 Å². The van der Waals surface area contributed by atoms with Crippen LogP contribution in [0.15, 0.2) is 17.1 Å². The Morgan fingerprint density at radius 2 is 2.12 bits per heavy atom. The molecule has 0 saturated heterocycles. The molecule has 0 radical (unpaired) electrons. The van der Waals surface area contributed by atoms with Crippen molar-refractivity contribution in [1.82, 2.24) is 0 Å². The van der Waals surface area contributed by atoms with Crippen LogP contribution in [0.4, 0.5) is 0 Å². The van der Waals surface area contributed by atoms with Crippen LogP contribution in [0.3, 0.4) is 0 Å². The number of aliphatic imine (C=N–C) groups is 1. The highest BCUT2D eigenvalue weighted by Gasteiger charge is 2.11. The number of carbonyl (C=O) groups excluding carboxylic acids is 1. The summed E-state index contributed by atoms with van der Waals surface area (Å²) in [6.45, 7) is 4.01. The average Bonchev–Trinajstić information content (AvgIpc) is 2.27. The van der Waals surface area contributed by atoms with Crippen LogP contribution < -0.4 is 9.47 Å². The zero-order valence-electron chi connectivity index (χ0n) is 9.99. The third-order valence-electron chi connectivity index (χ3n) is 2.01. The summed E-state index contributed by atoms with van der Waals surface area (Å²) in [6, 6.07) is 3.37. The van der Waals surface area contributed by atoms with E-state index < -0.39 is 0 Å². The van der Waals surface area contributed by atoms with Crippen LogP contribution >= 0.6 is 11.6 Å². The number of isocyanates is 1.